The first-order chi connectivity index (χ1) is 37.6. The van der Waals surface area contributed by atoms with Crippen molar-refractivity contribution in [2.24, 2.45) is 0 Å². The molecule has 0 amide bonds. The molecule has 0 aliphatic heterocycles. The molecule has 77 heavy (non-hydrogen) atoms. The predicted molar refractivity (Wildman–Crippen MR) is 327 cm³/mol. The van der Waals surface area contributed by atoms with Crippen LogP contribution < -0.4 is 0 Å². The van der Waals surface area contributed by atoms with Crippen LogP contribution in [0.1, 0.15) is 322 Å². The fourth-order valence-electron chi connectivity index (χ4n) is 9.79. The van der Waals surface area contributed by atoms with Crippen molar-refractivity contribution in [1.82, 2.24) is 0 Å². The Hall–Kier alpha value is -2.49. The molecule has 0 spiro atoms. The molecule has 0 saturated carbocycles. The second-order valence-electron chi connectivity index (χ2n) is 23.8. The van der Waals surface area contributed by atoms with E-state index in [2.05, 4.69) is 50.3 Å². The normalized spacial score (nSPS) is 12.9. The number of rotatable bonds is 62. The quantitative estimate of drug-likeness (QED) is 0.0211. The van der Waals surface area contributed by atoms with Gasteiger partial charge >= 0.3 is 17.9 Å². The molecule has 0 saturated heterocycles. The lowest BCUT2D eigenvalue weighted by atomic mass is 10.0. The van der Waals surface area contributed by atoms with E-state index in [4.69, 9.17) is 18.9 Å². The van der Waals surface area contributed by atoms with Crippen molar-refractivity contribution in [2.75, 3.05) is 47.5 Å². The highest BCUT2D eigenvalue weighted by atomic mass is 16.7. The van der Waals surface area contributed by atoms with Crippen LogP contribution in [-0.4, -0.2) is 87.4 Å². The van der Waals surface area contributed by atoms with Gasteiger partial charge in [0.1, 0.15) is 13.2 Å². The van der Waals surface area contributed by atoms with E-state index in [9.17, 15) is 19.5 Å². The third-order valence-corrected chi connectivity index (χ3v) is 14.9. The molecule has 0 bridgehead atoms. The SMILES string of the molecule is CCCCCCC/C=C\C/C=C\C/C=C\CCCCCCCCCCCCCCCCCCCCCCCCC(=O)OC(COC(=O)CCCCCCCCCCCCCCCCC)COC(OCC[N+](C)(C)C)C(=O)O. The highest BCUT2D eigenvalue weighted by Crippen LogP contribution is 2.18. The molecule has 0 heterocycles. The number of unbranched alkanes of at least 4 members (excludes halogenated alkanes) is 41. The summed E-state index contributed by atoms with van der Waals surface area (Å²) < 4.78 is 22.9. The number of allylic oxidation sites excluding steroid dienone is 6. The zero-order chi connectivity index (χ0) is 56.2. The van der Waals surface area contributed by atoms with Gasteiger partial charge in [-0.15, -0.1) is 0 Å². The summed E-state index contributed by atoms with van der Waals surface area (Å²) in [5.41, 5.74) is 0. The molecule has 0 aliphatic rings. The molecular weight excluding hydrogens is 959 g/mol. The van der Waals surface area contributed by atoms with E-state index in [1.165, 1.54) is 244 Å². The average Bonchev–Trinajstić information content (AvgIpc) is 3.40. The van der Waals surface area contributed by atoms with E-state index in [1.807, 2.05) is 21.1 Å². The topological polar surface area (TPSA) is 108 Å². The molecule has 0 aromatic rings. The van der Waals surface area contributed by atoms with Crippen LogP contribution in [0.25, 0.3) is 0 Å². The molecule has 9 nitrogen and oxygen atoms in total. The van der Waals surface area contributed by atoms with Gasteiger partial charge in [-0.25, -0.2) is 4.79 Å². The standard InChI is InChI=1S/C68H127NO8/c1-6-8-10-12-14-16-18-20-22-23-24-25-26-27-28-29-30-31-32-33-34-35-36-37-38-39-40-41-42-43-45-47-49-51-53-55-57-59-66(71)77-64(63-76-68(67(72)73)74-61-60-69(3,4)5)62-75-65(70)58-56-54-52-50-48-46-44-21-19-17-15-13-11-9-7-2/h18,20,23-24,26-27,64,68H,6-17,19,21-22,25,28-63H2,1-5H3/p+1/b20-18-,24-23-,27-26-. The van der Waals surface area contributed by atoms with E-state index in [0.717, 1.165) is 51.4 Å². The fourth-order valence-corrected chi connectivity index (χ4v) is 9.79. The summed E-state index contributed by atoms with van der Waals surface area (Å²) >= 11 is 0. The number of esters is 2. The zero-order valence-electron chi connectivity index (χ0n) is 51.6. The molecule has 0 rings (SSSR count). The fraction of sp³-hybridized carbons (Fsp3) is 0.868. The van der Waals surface area contributed by atoms with E-state index >= 15 is 0 Å². The molecular formula is C68H128NO8+. The van der Waals surface area contributed by atoms with Gasteiger partial charge in [0.15, 0.2) is 6.10 Å². The van der Waals surface area contributed by atoms with Gasteiger partial charge in [0.2, 0.25) is 0 Å². The van der Waals surface area contributed by atoms with Gasteiger partial charge < -0.3 is 28.5 Å². The number of quaternary nitrogens is 1. The Bertz CT molecular complexity index is 1360. The maximum absolute atomic E-state index is 12.9. The second-order valence-corrected chi connectivity index (χ2v) is 23.8. The molecule has 2 atom stereocenters. The van der Waals surface area contributed by atoms with E-state index in [1.54, 1.807) is 0 Å². The number of carbonyl (C=O) groups excluding carboxylic acids is 2. The molecule has 1 N–H and O–H groups in total. The van der Waals surface area contributed by atoms with Crippen LogP contribution in [0.15, 0.2) is 36.5 Å². The Balaban J connectivity index is 3.98. The minimum absolute atomic E-state index is 0.175. The third-order valence-electron chi connectivity index (χ3n) is 14.9. The number of ether oxygens (including phenoxy) is 4. The third kappa shape index (κ3) is 61.0. The Morgan fingerprint density at radius 3 is 1.04 bits per heavy atom. The highest BCUT2D eigenvalue weighted by molar-refractivity contribution is 5.71. The lowest BCUT2D eigenvalue weighted by Gasteiger charge is -2.25. The summed E-state index contributed by atoms with van der Waals surface area (Å²) in [6.07, 6.45) is 71.2. The van der Waals surface area contributed by atoms with Crippen LogP contribution in [0.5, 0.6) is 0 Å². The summed E-state index contributed by atoms with van der Waals surface area (Å²) in [5.74, 6) is -1.98. The summed E-state index contributed by atoms with van der Waals surface area (Å²) in [4.78, 5) is 37.5. The first-order valence-corrected chi connectivity index (χ1v) is 33.2. The molecule has 2 unspecified atom stereocenters. The first kappa shape index (κ1) is 74.5. The van der Waals surface area contributed by atoms with Gasteiger partial charge in [-0.1, -0.05) is 294 Å². The van der Waals surface area contributed by atoms with Crippen molar-refractivity contribution in [2.45, 2.75) is 334 Å². The summed E-state index contributed by atoms with van der Waals surface area (Å²) in [7, 11) is 5.98. The molecule has 0 radical (unpaired) electrons. The van der Waals surface area contributed by atoms with Crippen LogP contribution in [0.3, 0.4) is 0 Å². The largest absolute Gasteiger partial charge is 0.477 e. The summed E-state index contributed by atoms with van der Waals surface area (Å²) in [6, 6.07) is 0. The van der Waals surface area contributed by atoms with Crippen molar-refractivity contribution in [3.05, 3.63) is 36.5 Å². The highest BCUT2D eigenvalue weighted by Gasteiger charge is 2.25. The minimum Gasteiger partial charge on any atom is -0.477 e. The summed E-state index contributed by atoms with van der Waals surface area (Å²) in [5, 5.41) is 9.71. The number of carbonyl (C=O) groups is 3. The van der Waals surface area contributed by atoms with Crippen LogP contribution in [0.4, 0.5) is 0 Å². The van der Waals surface area contributed by atoms with Gasteiger partial charge in [-0.05, 0) is 51.4 Å². The van der Waals surface area contributed by atoms with Gasteiger partial charge in [-0.2, -0.15) is 0 Å². The number of carboxylic acids is 1. The van der Waals surface area contributed by atoms with Gasteiger partial charge in [0.25, 0.3) is 6.29 Å². The minimum atomic E-state index is -1.51. The molecule has 0 aromatic heterocycles. The number of likely N-dealkylation sites (N-methyl/N-ethyl adjacent to an activating group) is 1. The maximum atomic E-state index is 12.9. The monoisotopic (exact) mass is 1090 g/mol. The lowest BCUT2D eigenvalue weighted by Crippen LogP contribution is -2.40. The number of hydrogen-bond donors (Lipinski definition) is 1. The Labute approximate surface area is 477 Å². The predicted octanol–water partition coefficient (Wildman–Crippen LogP) is 20.0. The Morgan fingerprint density at radius 1 is 0.390 bits per heavy atom. The van der Waals surface area contributed by atoms with Crippen molar-refractivity contribution in [3.8, 4) is 0 Å². The Morgan fingerprint density at radius 2 is 0.701 bits per heavy atom. The molecule has 9 heteroatoms. The van der Waals surface area contributed by atoms with Crippen molar-refractivity contribution in [1.29, 1.82) is 0 Å². The van der Waals surface area contributed by atoms with Crippen LogP contribution in [0.2, 0.25) is 0 Å². The molecule has 0 fully saturated rings. The van der Waals surface area contributed by atoms with Gasteiger partial charge in [-0.3, -0.25) is 9.59 Å². The lowest BCUT2D eigenvalue weighted by molar-refractivity contribution is -0.870. The summed E-state index contributed by atoms with van der Waals surface area (Å²) in [6.45, 7) is 4.92. The first-order valence-electron chi connectivity index (χ1n) is 33.2. The van der Waals surface area contributed by atoms with Crippen molar-refractivity contribution in [3.63, 3.8) is 0 Å². The maximum Gasteiger partial charge on any atom is 0.361 e. The van der Waals surface area contributed by atoms with E-state index in [-0.39, 0.29) is 38.2 Å². The molecule has 0 aromatic carbocycles. The van der Waals surface area contributed by atoms with E-state index < -0.39 is 18.4 Å². The van der Waals surface area contributed by atoms with Crippen molar-refractivity contribution >= 4 is 17.9 Å². The van der Waals surface area contributed by atoms with E-state index in [0.29, 0.717) is 17.4 Å². The van der Waals surface area contributed by atoms with Gasteiger partial charge in [0.05, 0.1) is 34.4 Å². The molecule has 0 aliphatic carbocycles. The van der Waals surface area contributed by atoms with Crippen LogP contribution in [-0.2, 0) is 33.3 Å². The number of hydrogen-bond acceptors (Lipinski definition) is 7. The zero-order valence-corrected chi connectivity index (χ0v) is 51.6. The number of carboxylic acid groups (broad SMARTS) is 1. The van der Waals surface area contributed by atoms with Crippen LogP contribution in [0, 0.1) is 0 Å². The number of aliphatic carboxylic acids is 1. The Kier molecular flexibility index (Phi) is 57.7. The van der Waals surface area contributed by atoms with Crippen molar-refractivity contribution < 1.29 is 42.9 Å². The average molecular weight is 1090 g/mol. The molecule has 452 valence electrons. The van der Waals surface area contributed by atoms with Gasteiger partial charge in [0, 0.05) is 12.8 Å². The number of nitrogens with zero attached hydrogens (tertiary/aromatic N) is 1. The van der Waals surface area contributed by atoms with Crippen LogP contribution >= 0.6 is 0 Å². The second kappa shape index (κ2) is 59.6. The smallest absolute Gasteiger partial charge is 0.361 e.